The Morgan fingerprint density at radius 1 is 1.50 bits per heavy atom. The van der Waals surface area contributed by atoms with Gasteiger partial charge in [-0.25, -0.2) is 0 Å². The van der Waals surface area contributed by atoms with Crippen LogP contribution < -0.4 is 0 Å². The van der Waals surface area contributed by atoms with Crippen molar-refractivity contribution in [3.05, 3.63) is 11.6 Å². The van der Waals surface area contributed by atoms with Crippen LogP contribution >= 0.6 is 0 Å². The molecule has 1 heterocycles. The second-order valence-electron chi connectivity index (χ2n) is 3.70. The van der Waals surface area contributed by atoms with Crippen molar-refractivity contribution in [2.75, 3.05) is 13.1 Å². The quantitative estimate of drug-likeness (QED) is 0.465. The van der Waals surface area contributed by atoms with Crippen molar-refractivity contribution >= 4 is 6.29 Å². The minimum absolute atomic E-state index is 0.209. The number of hydrogen-bond acceptors (Lipinski definition) is 2. The summed E-state index contributed by atoms with van der Waals surface area (Å²) in [5.41, 5.74) is 1.58. The lowest BCUT2D eigenvalue weighted by molar-refractivity contribution is -0.111. The van der Waals surface area contributed by atoms with E-state index in [1.165, 1.54) is 19.3 Å². The molecule has 0 unspecified atom stereocenters. The Kier molecular flexibility index (Phi) is 2.26. The highest BCUT2D eigenvalue weighted by Crippen LogP contribution is 2.27. The van der Waals surface area contributed by atoms with E-state index in [-0.39, 0.29) is 6.04 Å². The fraction of sp³-hybridized carbons (Fsp3) is 0.700. The zero-order valence-corrected chi connectivity index (χ0v) is 7.33. The Morgan fingerprint density at radius 2 is 2.33 bits per heavy atom. The molecule has 2 aliphatic rings. The van der Waals surface area contributed by atoms with E-state index in [9.17, 15) is 4.79 Å². The van der Waals surface area contributed by atoms with E-state index in [1.54, 1.807) is 5.57 Å². The molecule has 2 fully saturated rings. The molecule has 1 aliphatic carbocycles. The third kappa shape index (κ3) is 1.75. The minimum atomic E-state index is 0.209. The summed E-state index contributed by atoms with van der Waals surface area (Å²) in [6.45, 7) is 2.10. The van der Waals surface area contributed by atoms with Gasteiger partial charge < -0.3 is 4.79 Å². The first-order valence-electron chi connectivity index (χ1n) is 4.77. The van der Waals surface area contributed by atoms with Gasteiger partial charge in [-0.1, -0.05) is 11.6 Å². The Morgan fingerprint density at radius 3 is 3.00 bits per heavy atom. The van der Waals surface area contributed by atoms with E-state index in [0.717, 1.165) is 25.8 Å². The lowest BCUT2D eigenvalue weighted by Gasteiger charge is -2.17. The lowest BCUT2D eigenvalue weighted by Crippen LogP contribution is -2.30. The van der Waals surface area contributed by atoms with Crippen LogP contribution in [0.5, 0.6) is 0 Å². The molecule has 66 valence electrons. The first-order valence-corrected chi connectivity index (χ1v) is 4.77. The van der Waals surface area contributed by atoms with Crippen LogP contribution in [0, 0.1) is 0 Å². The summed E-state index contributed by atoms with van der Waals surface area (Å²) in [5, 5.41) is 0. The second kappa shape index (κ2) is 3.40. The highest BCUT2D eigenvalue weighted by Gasteiger charge is 2.23. The molecule has 2 rings (SSSR count). The van der Waals surface area contributed by atoms with Gasteiger partial charge in [0.15, 0.2) is 0 Å². The van der Waals surface area contributed by atoms with Crippen LogP contribution in [0.2, 0.25) is 0 Å². The van der Waals surface area contributed by atoms with Gasteiger partial charge in [-0.05, 0) is 32.2 Å². The molecule has 1 saturated heterocycles. The Hall–Kier alpha value is -0.630. The van der Waals surface area contributed by atoms with E-state index in [1.807, 2.05) is 0 Å². The first-order chi connectivity index (χ1) is 5.90. The van der Waals surface area contributed by atoms with Gasteiger partial charge in [-0.3, -0.25) is 4.90 Å². The maximum absolute atomic E-state index is 10.6. The summed E-state index contributed by atoms with van der Waals surface area (Å²) in [5.74, 6) is 0. The molecule has 0 amide bonds. The molecular weight excluding hydrogens is 150 g/mol. The van der Waals surface area contributed by atoms with Gasteiger partial charge in [0.05, 0.1) is 6.04 Å². The first kappa shape index (κ1) is 7.99. The molecule has 0 aromatic rings. The largest absolute Gasteiger partial charge is 0.302 e. The summed E-state index contributed by atoms with van der Waals surface area (Å²) >= 11 is 0. The predicted molar refractivity (Wildman–Crippen MR) is 48.0 cm³/mol. The summed E-state index contributed by atoms with van der Waals surface area (Å²) in [4.78, 5) is 12.9. The second-order valence-corrected chi connectivity index (χ2v) is 3.70. The van der Waals surface area contributed by atoms with Crippen molar-refractivity contribution in [3.63, 3.8) is 0 Å². The molecule has 0 radical (unpaired) electrons. The van der Waals surface area contributed by atoms with E-state index in [2.05, 4.69) is 11.0 Å². The highest BCUT2D eigenvalue weighted by atomic mass is 16.1. The Balaban J connectivity index is 1.84. The van der Waals surface area contributed by atoms with Crippen molar-refractivity contribution < 1.29 is 4.79 Å². The van der Waals surface area contributed by atoms with Crippen LogP contribution in [0.15, 0.2) is 11.6 Å². The summed E-state index contributed by atoms with van der Waals surface area (Å²) in [6, 6.07) is 0.209. The number of carbonyl (C=O) groups excluding carboxylic acids is 1. The molecule has 0 aromatic carbocycles. The number of allylic oxidation sites excluding steroid dienone is 1. The average Bonchev–Trinajstić information content (AvgIpc) is 2.81. The Labute approximate surface area is 73.2 Å². The van der Waals surface area contributed by atoms with Crippen LogP contribution in [-0.2, 0) is 4.79 Å². The molecule has 0 aromatic heterocycles. The average molecular weight is 165 g/mol. The smallest absolute Gasteiger partial charge is 0.137 e. The summed E-state index contributed by atoms with van der Waals surface area (Å²) in [7, 11) is 0. The van der Waals surface area contributed by atoms with Gasteiger partial charge in [0, 0.05) is 6.54 Å². The molecule has 1 atom stereocenters. The normalized spacial score (nSPS) is 29.0. The van der Waals surface area contributed by atoms with Crippen molar-refractivity contribution in [2.24, 2.45) is 0 Å². The molecule has 0 N–H and O–H groups in total. The number of hydrogen-bond donors (Lipinski definition) is 0. The number of nitrogens with zero attached hydrogens (tertiary/aromatic N) is 1. The maximum atomic E-state index is 10.6. The van der Waals surface area contributed by atoms with E-state index in [0.29, 0.717) is 0 Å². The molecule has 1 aliphatic heterocycles. The van der Waals surface area contributed by atoms with Gasteiger partial charge in [-0.2, -0.15) is 0 Å². The van der Waals surface area contributed by atoms with Crippen LogP contribution in [0.1, 0.15) is 25.7 Å². The monoisotopic (exact) mass is 165 g/mol. The van der Waals surface area contributed by atoms with Gasteiger partial charge in [0.1, 0.15) is 6.29 Å². The van der Waals surface area contributed by atoms with Crippen molar-refractivity contribution in [1.82, 2.24) is 4.90 Å². The van der Waals surface area contributed by atoms with Gasteiger partial charge in [0.25, 0.3) is 0 Å². The van der Waals surface area contributed by atoms with Gasteiger partial charge >= 0.3 is 0 Å². The Bertz CT molecular complexity index is 204. The minimum Gasteiger partial charge on any atom is -0.302 e. The van der Waals surface area contributed by atoms with E-state index in [4.69, 9.17) is 0 Å². The van der Waals surface area contributed by atoms with Crippen molar-refractivity contribution in [1.29, 1.82) is 0 Å². The lowest BCUT2D eigenvalue weighted by atomic mass is 10.2. The van der Waals surface area contributed by atoms with Crippen LogP contribution in [-0.4, -0.2) is 30.3 Å². The SMILES string of the molecule is O=C[C@H]1CCCN1CC=C1CC1. The maximum Gasteiger partial charge on any atom is 0.137 e. The third-order valence-corrected chi connectivity index (χ3v) is 2.72. The molecule has 2 nitrogen and oxygen atoms in total. The zero-order chi connectivity index (χ0) is 8.39. The molecule has 0 bridgehead atoms. The third-order valence-electron chi connectivity index (χ3n) is 2.72. The van der Waals surface area contributed by atoms with Crippen LogP contribution in [0.25, 0.3) is 0 Å². The molecule has 12 heavy (non-hydrogen) atoms. The number of aldehydes is 1. The van der Waals surface area contributed by atoms with Gasteiger partial charge in [0.2, 0.25) is 0 Å². The zero-order valence-electron chi connectivity index (χ0n) is 7.33. The molecule has 2 heteroatoms. The number of carbonyl (C=O) groups is 1. The van der Waals surface area contributed by atoms with Gasteiger partial charge in [-0.15, -0.1) is 0 Å². The molecular formula is C10H15NO. The fourth-order valence-corrected chi connectivity index (χ4v) is 1.76. The highest BCUT2D eigenvalue weighted by molar-refractivity contribution is 5.58. The summed E-state index contributed by atoms with van der Waals surface area (Å²) in [6.07, 6.45) is 8.22. The topological polar surface area (TPSA) is 20.3 Å². The van der Waals surface area contributed by atoms with Crippen molar-refractivity contribution in [2.45, 2.75) is 31.7 Å². The van der Waals surface area contributed by atoms with E-state index >= 15 is 0 Å². The summed E-state index contributed by atoms with van der Waals surface area (Å²) < 4.78 is 0. The number of rotatable bonds is 3. The molecule has 0 spiro atoms. The predicted octanol–water partition coefficient (Wildman–Crippen LogP) is 1.37. The standard InChI is InChI=1S/C10H15NO/c12-8-10-2-1-6-11(10)7-5-9-3-4-9/h5,8,10H,1-4,6-7H2/t10-/m1/s1. The van der Waals surface area contributed by atoms with Crippen LogP contribution in [0.3, 0.4) is 0 Å². The fourth-order valence-electron chi connectivity index (χ4n) is 1.76. The number of likely N-dealkylation sites (tertiary alicyclic amines) is 1. The molecule has 1 saturated carbocycles. The van der Waals surface area contributed by atoms with Crippen LogP contribution in [0.4, 0.5) is 0 Å². The van der Waals surface area contributed by atoms with Crippen molar-refractivity contribution in [3.8, 4) is 0 Å². The van der Waals surface area contributed by atoms with E-state index < -0.39 is 0 Å².